The summed E-state index contributed by atoms with van der Waals surface area (Å²) in [4.78, 5) is 14.3. The topological polar surface area (TPSA) is 58.4 Å². The van der Waals surface area contributed by atoms with E-state index in [-0.39, 0.29) is 11.9 Å². The molecule has 1 aliphatic heterocycles. The third-order valence-electron chi connectivity index (χ3n) is 3.82. The quantitative estimate of drug-likeness (QED) is 0.871. The van der Waals surface area contributed by atoms with E-state index in [1.165, 1.54) is 0 Å². The normalized spacial score (nSPS) is 24.2. The number of hydrogen-bond donors (Lipinski definition) is 2. The number of hydrogen-bond acceptors (Lipinski definition) is 3. The van der Waals surface area contributed by atoms with E-state index in [4.69, 9.17) is 5.73 Å². The van der Waals surface area contributed by atoms with E-state index in [1.807, 2.05) is 31.2 Å². The third-order valence-corrected chi connectivity index (χ3v) is 3.82. The third kappa shape index (κ3) is 3.78. The summed E-state index contributed by atoms with van der Waals surface area (Å²) in [5.74, 6) is 0.0524. The van der Waals surface area contributed by atoms with E-state index in [1.54, 1.807) is 0 Å². The Balaban J connectivity index is 1.90. The van der Waals surface area contributed by atoms with Crippen LogP contribution in [-0.4, -0.2) is 36.0 Å². The molecule has 2 unspecified atom stereocenters. The van der Waals surface area contributed by atoms with Gasteiger partial charge in [-0.25, -0.2) is 0 Å². The highest BCUT2D eigenvalue weighted by Crippen LogP contribution is 2.17. The lowest BCUT2D eigenvalue weighted by Crippen LogP contribution is -2.48. The zero-order valence-electron chi connectivity index (χ0n) is 11.7. The first-order chi connectivity index (χ1) is 9.06. The van der Waals surface area contributed by atoms with Crippen LogP contribution in [-0.2, 0) is 4.79 Å². The zero-order valence-corrected chi connectivity index (χ0v) is 11.7. The highest BCUT2D eigenvalue weighted by molar-refractivity contribution is 5.92. The molecule has 0 saturated carbocycles. The van der Waals surface area contributed by atoms with Crippen LogP contribution >= 0.6 is 0 Å². The van der Waals surface area contributed by atoms with Gasteiger partial charge in [0.1, 0.15) is 0 Å². The van der Waals surface area contributed by atoms with E-state index in [2.05, 4.69) is 17.1 Å². The number of nitrogens with zero attached hydrogens (tertiary/aromatic N) is 1. The summed E-state index contributed by atoms with van der Waals surface area (Å²) in [5, 5.41) is 2.98. The second-order valence-electron chi connectivity index (χ2n) is 5.47. The molecule has 1 aromatic rings. The first-order valence-corrected chi connectivity index (χ1v) is 6.91. The van der Waals surface area contributed by atoms with Crippen molar-refractivity contribution in [2.75, 3.05) is 18.4 Å². The fraction of sp³-hybridized carbons (Fsp3) is 0.533. The molecule has 1 aliphatic rings. The number of carbonyl (C=O) groups is 1. The number of carbonyl (C=O) groups excluding carboxylic acids is 1. The second-order valence-corrected chi connectivity index (χ2v) is 5.47. The van der Waals surface area contributed by atoms with Crippen molar-refractivity contribution in [1.82, 2.24) is 4.90 Å². The van der Waals surface area contributed by atoms with Gasteiger partial charge in [-0.2, -0.15) is 0 Å². The van der Waals surface area contributed by atoms with Crippen molar-refractivity contribution in [3.8, 4) is 0 Å². The number of benzene rings is 1. The van der Waals surface area contributed by atoms with Crippen molar-refractivity contribution >= 4 is 11.6 Å². The van der Waals surface area contributed by atoms with Gasteiger partial charge in [0.2, 0.25) is 5.91 Å². The maximum absolute atomic E-state index is 12.1. The highest BCUT2D eigenvalue weighted by atomic mass is 16.2. The monoisotopic (exact) mass is 261 g/mol. The number of nitrogens with two attached hydrogens (primary N) is 1. The van der Waals surface area contributed by atoms with Crippen LogP contribution < -0.4 is 11.1 Å². The number of rotatable bonds is 3. The summed E-state index contributed by atoms with van der Waals surface area (Å²) >= 11 is 0. The fourth-order valence-electron chi connectivity index (χ4n) is 2.58. The molecule has 2 rings (SSSR count). The van der Waals surface area contributed by atoms with Gasteiger partial charge in [0.05, 0.1) is 6.54 Å². The van der Waals surface area contributed by atoms with Gasteiger partial charge >= 0.3 is 0 Å². The van der Waals surface area contributed by atoms with Crippen LogP contribution in [0, 0.1) is 6.92 Å². The molecule has 1 heterocycles. The van der Waals surface area contributed by atoms with Crippen LogP contribution in [0.15, 0.2) is 24.3 Å². The van der Waals surface area contributed by atoms with Crippen LogP contribution in [0.1, 0.15) is 25.3 Å². The number of likely N-dealkylation sites (tertiary alicyclic amines) is 1. The smallest absolute Gasteiger partial charge is 0.238 e. The SMILES string of the molecule is Cc1ccccc1NC(=O)CN1CCC(N)CC1C. The number of para-hydroxylation sites is 1. The van der Waals surface area contributed by atoms with Gasteiger partial charge in [0.25, 0.3) is 0 Å². The van der Waals surface area contributed by atoms with Crippen LogP contribution in [0.4, 0.5) is 5.69 Å². The summed E-state index contributed by atoms with van der Waals surface area (Å²) in [6.07, 6.45) is 1.94. The van der Waals surface area contributed by atoms with Gasteiger partial charge in [0, 0.05) is 24.3 Å². The van der Waals surface area contributed by atoms with Gasteiger partial charge < -0.3 is 11.1 Å². The Hall–Kier alpha value is -1.39. The molecule has 0 bridgehead atoms. The summed E-state index contributed by atoms with van der Waals surface area (Å²) in [7, 11) is 0. The van der Waals surface area contributed by atoms with Crippen molar-refractivity contribution in [3.63, 3.8) is 0 Å². The van der Waals surface area contributed by atoms with E-state index in [0.717, 1.165) is 30.6 Å². The molecular formula is C15H23N3O. The molecule has 0 radical (unpaired) electrons. The molecule has 2 atom stereocenters. The standard InChI is InChI=1S/C15H23N3O/c1-11-5-3-4-6-14(11)17-15(19)10-18-8-7-13(16)9-12(18)2/h3-6,12-13H,7-10,16H2,1-2H3,(H,17,19). The number of aryl methyl sites for hydroxylation is 1. The second kappa shape index (κ2) is 6.17. The predicted molar refractivity (Wildman–Crippen MR) is 78.1 cm³/mol. The summed E-state index contributed by atoms with van der Waals surface area (Å²) in [6, 6.07) is 8.50. The average Bonchev–Trinajstić information content (AvgIpc) is 2.36. The maximum atomic E-state index is 12.1. The molecule has 19 heavy (non-hydrogen) atoms. The van der Waals surface area contributed by atoms with E-state index in [9.17, 15) is 4.79 Å². The first kappa shape index (κ1) is 14.0. The number of amides is 1. The van der Waals surface area contributed by atoms with Crippen molar-refractivity contribution in [1.29, 1.82) is 0 Å². The Kier molecular flexibility index (Phi) is 4.56. The maximum Gasteiger partial charge on any atom is 0.238 e. The van der Waals surface area contributed by atoms with Crippen molar-refractivity contribution in [2.24, 2.45) is 5.73 Å². The van der Waals surface area contributed by atoms with E-state index < -0.39 is 0 Å². The molecular weight excluding hydrogens is 238 g/mol. The Bertz CT molecular complexity index is 447. The fourth-order valence-corrected chi connectivity index (χ4v) is 2.58. The van der Waals surface area contributed by atoms with Gasteiger partial charge in [-0.3, -0.25) is 9.69 Å². The average molecular weight is 261 g/mol. The Morgan fingerprint density at radius 1 is 1.47 bits per heavy atom. The molecule has 104 valence electrons. The largest absolute Gasteiger partial charge is 0.328 e. The molecule has 0 aromatic heterocycles. The number of anilines is 1. The van der Waals surface area contributed by atoms with Crippen LogP contribution in [0.25, 0.3) is 0 Å². The number of piperidine rings is 1. The molecule has 1 aromatic carbocycles. The van der Waals surface area contributed by atoms with E-state index >= 15 is 0 Å². The number of nitrogens with one attached hydrogen (secondary N) is 1. The minimum absolute atomic E-state index is 0.0524. The van der Waals surface area contributed by atoms with Gasteiger partial charge in [-0.1, -0.05) is 18.2 Å². The van der Waals surface area contributed by atoms with Crippen LogP contribution in [0.2, 0.25) is 0 Å². The Morgan fingerprint density at radius 3 is 2.89 bits per heavy atom. The highest BCUT2D eigenvalue weighted by Gasteiger charge is 2.24. The van der Waals surface area contributed by atoms with Gasteiger partial charge in [-0.15, -0.1) is 0 Å². The minimum Gasteiger partial charge on any atom is -0.328 e. The Morgan fingerprint density at radius 2 is 2.21 bits per heavy atom. The summed E-state index contributed by atoms with van der Waals surface area (Å²) in [5.41, 5.74) is 7.92. The van der Waals surface area contributed by atoms with Crippen LogP contribution in [0.5, 0.6) is 0 Å². The van der Waals surface area contributed by atoms with Crippen molar-refractivity contribution in [3.05, 3.63) is 29.8 Å². The predicted octanol–water partition coefficient (Wildman–Crippen LogP) is 1.75. The van der Waals surface area contributed by atoms with Crippen LogP contribution in [0.3, 0.4) is 0 Å². The van der Waals surface area contributed by atoms with Crippen molar-refractivity contribution in [2.45, 2.75) is 38.8 Å². The first-order valence-electron chi connectivity index (χ1n) is 6.91. The van der Waals surface area contributed by atoms with Crippen molar-refractivity contribution < 1.29 is 4.79 Å². The minimum atomic E-state index is 0.0524. The lowest BCUT2D eigenvalue weighted by atomic mass is 9.99. The molecule has 0 aliphatic carbocycles. The lowest BCUT2D eigenvalue weighted by molar-refractivity contribution is -0.118. The van der Waals surface area contributed by atoms with E-state index in [0.29, 0.717) is 12.6 Å². The van der Waals surface area contributed by atoms with Gasteiger partial charge in [0.15, 0.2) is 0 Å². The molecule has 0 spiro atoms. The molecule has 1 fully saturated rings. The molecule has 1 saturated heterocycles. The molecule has 4 nitrogen and oxygen atoms in total. The summed E-state index contributed by atoms with van der Waals surface area (Å²) in [6.45, 7) is 5.49. The molecule has 1 amide bonds. The lowest BCUT2D eigenvalue weighted by Gasteiger charge is -2.35. The Labute approximate surface area is 115 Å². The summed E-state index contributed by atoms with van der Waals surface area (Å²) < 4.78 is 0. The molecule has 4 heteroatoms. The van der Waals surface area contributed by atoms with Gasteiger partial charge in [-0.05, 0) is 38.3 Å². The molecule has 3 N–H and O–H groups in total. The zero-order chi connectivity index (χ0) is 13.8.